The molecule has 1 heterocycles. The number of anilines is 1. The van der Waals surface area contributed by atoms with E-state index in [4.69, 9.17) is 0 Å². The number of benzene rings is 1. The molecule has 7 heteroatoms. The number of pyridine rings is 1. The predicted octanol–water partition coefficient (Wildman–Crippen LogP) is 1.54. The topological polar surface area (TPSA) is 88.6 Å². The number of amides is 2. The van der Waals surface area contributed by atoms with Crippen molar-refractivity contribution in [1.29, 1.82) is 0 Å². The van der Waals surface area contributed by atoms with Crippen molar-refractivity contribution in [2.45, 2.75) is 13.5 Å². The van der Waals surface area contributed by atoms with Crippen LogP contribution < -0.4 is 10.2 Å². The van der Waals surface area contributed by atoms with Crippen molar-refractivity contribution in [2.75, 3.05) is 18.6 Å². The van der Waals surface area contributed by atoms with Gasteiger partial charge in [-0.2, -0.15) is 0 Å². The van der Waals surface area contributed by atoms with Crippen LogP contribution in [0.15, 0.2) is 48.8 Å². The Morgan fingerprint density at radius 2 is 1.88 bits per heavy atom. The van der Waals surface area contributed by atoms with Gasteiger partial charge in [-0.05, 0) is 35.9 Å². The molecular weight excluding hydrogens is 322 g/mol. The van der Waals surface area contributed by atoms with Crippen molar-refractivity contribution in [3.63, 3.8) is 0 Å². The molecule has 0 spiro atoms. The van der Waals surface area contributed by atoms with Gasteiger partial charge in [-0.15, -0.1) is 0 Å². The van der Waals surface area contributed by atoms with Gasteiger partial charge >= 0.3 is 5.97 Å². The number of nitrogens with one attached hydrogen (secondary N) is 1. The maximum Gasteiger partial charge on any atom is 0.337 e. The standard InChI is InChI=1S/C18H19N3O4/c1-13(22)21(16-7-5-15(6-8-16)18(24)25-2)12-17(23)20-11-14-4-3-9-19-10-14/h3-10H,11-12H2,1-2H3,(H,20,23). The van der Waals surface area contributed by atoms with Gasteiger partial charge in [0.05, 0.1) is 12.7 Å². The summed E-state index contributed by atoms with van der Waals surface area (Å²) in [7, 11) is 1.30. The summed E-state index contributed by atoms with van der Waals surface area (Å²) >= 11 is 0. The maximum absolute atomic E-state index is 12.1. The number of rotatable bonds is 6. The Labute approximate surface area is 145 Å². The van der Waals surface area contributed by atoms with Crippen LogP contribution in [0.2, 0.25) is 0 Å². The van der Waals surface area contributed by atoms with Crippen molar-refractivity contribution in [2.24, 2.45) is 0 Å². The van der Waals surface area contributed by atoms with Gasteiger partial charge < -0.3 is 15.0 Å². The average Bonchev–Trinajstić information content (AvgIpc) is 2.64. The lowest BCUT2D eigenvalue weighted by atomic mass is 10.2. The molecule has 0 unspecified atom stereocenters. The van der Waals surface area contributed by atoms with Crippen LogP contribution in [0.4, 0.5) is 5.69 Å². The highest BCUT2D eigenvalue weighted by Gasteiger charge is 2.16. The minimum atomic E-state index is -0.463. The summed E-state index contributed by atoms with van der Waals surface area (Å²) in [5.41, 5.74) is 1.76. The van der Waals surface area contributed by atoms with Gasteiger partial charge in [-0.25, -0.2) is 4.79 Å². The fourth-order valence-electron chi connectivity index (χ4n) is 2.18. The summed E-state index contributed by atoms with van der Waals surface area (Å²) in [6.07, 6.45) is 3.31. The number of hydrogen-bond donors (Lipinski definition) is 1. The van der Waals surface area contributed by atoms with Crippen molar-refractivity contribution < 1.29 is 19.1 Å². The Hall–Kier alpha value is -3.22. The average molecular weight is 341 g/mol. The molecule has 130 valence electrons. The lowest BCUT2D eigenvalue weighted by Crippen LogP contribution is -2.39. The van der Waals surface area contributed by atoms with Crippen LogP contribution >= 0.6 is 0 Å². The number of hydrogen-bond acceptors (Lipinski definition) is 5. The quantitative estimate of drug-likeness (QED) is 0.805. The molecule has 1 aromatic carbocycles. The van der Waals surface area contributed by atoms with Crippen LogP contribution in [0.25, 0.3) is 0 Å². The van der Waals surface area contributed by atoms with Gasteiger partial charge in [-0.1, -0.05) is 6.07 Å². The van der Waals surface area contributed by atoms with E-state index in [0.29, 0.717) is 17.8 Å². The molecule has 1 N–H and O–H groups in total. The molecule has 0 radical (unpaired) electrons. The van der Waals surface area contributed by atoms with Crippen LogP contribution in [-0.4, -0.2) is 36.4 Å². The fraction of sp³-hybridized carbons (Fsp3) is 0.222. The third-order valence-electron chi connectivity index (χ3n) is 3.49. The van der Waals surface area contributed by atoms with Gasteiger partial charge in [0.2, 0.25) is 11.8 Å². The summed E-state index contributed by atoms with van der Waals surface area (Å²) < 4.78 is 4.63. The van der Waals surface area contributed by atoms with Gasteiger partial charge in [-0.3, -0.25) is 14.6 Å². The number of carbonyl (C=O) groups is 3. The Balaban J connectivity index is 2.01. The third kappa shape index (κ3) is 5.13. The first-order chi connectivity index (χ1) is 12.0. The van der Waals surface area contributed by atoms with E-state index in [2.05, 4.69) is 15.0 Å². The van der Waals surface area contributed by atoms with E-state index in [0.717, 1.165) is 5.56 Å². The lowest BCUT2D eigenvalue weighted by molar-refractivity contribution is -0.123. The van der Waals surface area contributed by atoms with E-state index in [1.54, 1.807) is 42.7 Å². The Morgan fingerprint density at radius 1 is 1.16 bits per heavy atom. The van der Waals surface area contributed by atoms with Crippen molar-refractivity contribution in [1.82, 2.24) is 10.3 Å². The zero-order valence-electron chi connectivity index (χ0n) is 14.1. The number of aromatic nitrogens is 1. The third-order valence-corrected chi connectivity index (χ3v) is 3.49. The molecule has 0 aliphatic heterocycles. The fourth-order valence-corrected chi connectivity index (χ4v) is 2.18. The van der Waals surface area contributed by atoms with Crippen LogP contribution in [0.3, 0.4) is 0 Å². The van der Waals surface area contributed by atoms with E-state index in [9.17, 15) is 14.4 Å². The van der Waals surface area contributed by atoms with E-state index in [-0.39, 0.29) is 18.4 Å². The first kappa shape index (κ1) is 18.1. The lowest BCUT2D eigenvalue weighted by Gasteiger charge is -2.21. The minimum absolute atomic E-state index is 0.118. The highest BCUT2D eigenvalue weighted by molar-refractivity contribution is 5.98. The molecule has 0 saturated heterocycles. The molecule has 0 fully saturated rings. The maximum atomic E-state index is 12.1. The second kappa shape index (κ2) is 8.58. The number of carbonyl (C=O) groups excluding carboxylic acids is 3. The largest absolute Gasteiger partial charge is 0.465 e. The highest BCUT2D eigenvalue weighted by atomic mass is 16.5. The van der Waals surface area contributed by atoms with Gasteiger partial charge in [0, 0.05) is 31.5 Å². The van der Waals surface area contributed by atoms with Gasteiger partial charge in [0.1, 0.15) is 6.54 Å². The molecule has 7 nitrogen and oxygen atoms in total. The number of ether oxygens (including phenoxy) is 1. The molecule has 2 rings (SSSR count). The molecule has 25 heavy (non-hydrogen) atoms. The van der Waals surface area contributed by atoms with Crippen LogP contribution in [-0.2, 0) is 20.9 Å². The molecule has 0 aliphatic carbocycles. The number of esters is 1. The van der Waals surface area contributed by atoms with Crippen molar-refractivity contribution in [3.05, 3.63) is 59.9 Å². The summed E-state index contributed by atoms with van der Waals surface area (Å²) in [5, 5.41) is 2.75. The molecule has 0 atom stereocenters. The molecule has 0 aliphatic rings. The summed E-state index contributed by atoms with van der Waals surface area (Å²) in [6.45, 7) is 1.59. The Morgan fingerprint density at radius 3 is 2.44 bits per heavy atom. The second-order valence-electron chi connectivity index (χ2n) is 5.28. The van der Waals surface area contributed by atoms with Gasteiger partial charge in [0.25, 0.3) is 0 Å². The van der Waals surface area contributed by atoms with Crippen molar-refractivity contribution in [3.8, 4) is 0 Å². The first-order valence-corrected chi connectivity index (χ1v) is 7.63. The minimum Gasteiger partial charge on any atom is -0.465 e. The highest BCUT2D eigenvalue weighted by Crippen LogP contribution is 2.16. The normalized spacial score (nSPS) is 10.0. The SMILES string of the molecule is COC(=O)c1ccc(N(CC(=O)NCc2cccnc2)C(C)=O)cc1. The summed E-state index contributed by atoms with van der Waals surface area (Å²) in [5.74, 6) is -1.03. The molecule has 0 saturated carbocycles. The van der Waals surface area contributed by atoms with Crippen LogP contribution in [0.1, 0.15) is 22.8 Å². The zero-order chi connectivity index (χ0) is 18.2. The second-order valence-corrected chi connectivity index (χ2v) is 5.28. The smallest absolute Gasteiger partial charge is 0.337 e. The van der Waals surface area contributed by atoms with Crippen molar-refractivity contribution >= 4 is 23.5 Å². The van der Waals surface area contributed by atoms with Gasteiger partial charge in [0.15, 0.2) is 0 Å². The van der Waals surface area contributed by atoms with Crippen LogP contribution in [0.5, 0.6) is 0 Å². The first-order valence-electron chi connectivity index (χ1n) is 7.63. The number of nitrogens with zero attached hydrogens (tertiary/aromatic N) is 2. The Bertz CT molecular complexity index is 745. The monoisotopic (exact) mass is 341 g/mol. The summed E-state index contributed by atoms with van der Waals surface area (Å²) in [4.78, 5) is 40.8. The van der Waals surface area contributed by atoms with E-state index in [1.165, 1.54) is 18.9 Å². The Kier molecular flexibility index (Phi) is 6.22. The predicted molar refractivity (Wildman–Crippen MR) is 91.9 cm³/mol. The molecular formula is C18H19N3O4. The van der Waals surface area contributed by atoms with E-state index < -0.39 is 5.97 Å². The zero-order valence-corrected chi connectivity index (χ0v) is 14.1. The molecule has 2 amide bonds. The molecule has 0 bridgehead atoms. The van der Waals surface area contributed by atoms with E-state index in [1.807, 2.05) is 6.07 Å². The van der Waals surface area contributed by atoms with E-state index >= 15 is 0 Å². The van der Waals surface area contributed by atoms with Crippen LogP contribution in [0, 0.1) is 0 Å². The number of methoxy groups -OCH3 is 1. The summed E-state index contributed by atoms with van der Waals surface area (Å²) in [6, 6.07) is 9.92. The molecule has 1 aromatic heterocycles. The molecule has 2 aromatic rings.